The molecule has 1 atom stereocenters. The highest BCUT2D eigenvalue weighted by Crippen LogP contribution is 2.27. The summed E-state index contributed by atoms with van der Waals surface area (Å²) < 4.78 is 13.0. The molecule has 2 heterocycles. The number of halogens is 1. The fourth-order valence-corrected chi connectivity index (χ4v) is 3.92. The Bertz CT molecular complexity index is 988. The molecule has 1 N–H and O–H groups in total. The number of nitrogens with zero attached hydrogens (tertiary/aromatic N) is 2. The summed E-state index contributed by atoms with van der Waals surface area (Å²) in [5, 5.41) is 5.09. The fraction of sp³-hybridized carbons (Fsp3) is 0.190. The van der Waals surface area contributed by atoms with Crippen molar-refractivity contribution in [2.45, 2.75) is 13.0 Å². The number of carbonyl (C=O) groups is 2. The number of aromatic nitrogens is 1. The summed E-state index contributed by atoms with van der Waals surface area (Å²) in [4.78, 5) is 30.9. The molecule has 0 unspecified atom stereocenters. The number of likely N-dealkylation sites (tertiary alicyclic amines) is 1. The second-order valence-electron chi connectivity index (χ2n) is 6.69. The third-order valence-corrected chi connectivity index (χ3v) is 5.43. The van der Waals surface area contributed by atoms with E-state index in [9.17, 15) is 14.0 Å². The van der Waals surface area contributed by atoms with Crippen LogP contribution in [0, 0.1) is 11.7 Å². The molecule has 3 aromatic rings. The lowest BCUT2D eigenvalue weighted by molar-refractivity contribution is -0.128. The highest BCUT2D eigenvalue weighted by atomic mass is 32.1. The van der Waals surface area contributed by atoms with Crippen LogP contribution in [0.4, 0.5) is 9.52 Å². The molecule has 1 aliphatic heterocycles. The highest BCUT2D eigenvalue weighted by molar-refractivity contribution is 7.14. The Labute approximate surface area is 165 Å². The van der Waals surface area contributed by atoms with Gasteiger partial charge in [0.05, 0.1) is 11.6 Å². The van der Waals surface area contributed by atoms with Crippen LogP contribution in [-0.4, -0.2) is 28.2 Å². The second-order valence-corrected chi connectivity index (χ2v) is 7.55. The van der Waals surface area contributed by atoms with Crippen molar-refractivity contribution in [2.24, 2.45) is 5.92 Å². The average Bonchev–Trinajstić information content (AvgIpc) is 3.30. The van der Waals surface area contributed by atoms with E-state index in [-0.39, 0.29) is 24.1 Å². The minimum atomic E-state index is -0.394. The van der Waals surface area contributed by atoms with Crippen LogP contribution in [-0.2, 0) is 16.1 Å². The van der Waals surface area contributed by atoms with Crippen LogP contribution in [0.3, 0.4) is 0 Å². The van der Waals surface area contributed by atoms with Crippen molar-refractivity contribution in [1.82, 2.24) is 9.88 Å². The monoisotopic (exact) mass is 395 g/mol. The predicted octanol–water partition coefficient (Wildman–Crippen LogP) is 3.94. The summed E-state index contributed by atoms with van der Waals surface area (Å²) in [7, 11) is 0. The van der Waals surface area contributed by atoms with E-state index in [1.165, 1.54) is 23.5 Å². The van der Waals surface area contributed by atoms with Gasteiger partial charge in [0.2, 0.25) is 11.8 Å². The van der Waals surface area contributed by atoms with Gasteiger partial charge in [-0.1, -0.05) is 30.3 Å². The number of hydrogen-bond acceptors (Lipinski definition) is 4. The van der Waals surface area contributed by atoms with Crippen molar-refractivity contribution in [2.75, 3.05) is 11.9 Å². The summed E-state index contributed by atoms with van der Waals surface area (Å²) >= 11 is 1.30. The standard InChI is InChI=1S/C21H18FN3O2S/c22-17-8-6-15(7-9-17)18-13-28-21(23-18)24-20(27)16-10-19(26)25(12-16)11-14-4-2-1-3-5-14/h1-9,13,16H,10-12H2,(H,23,24,27)/t16-/m1/s1. The molecule has 1 fully saturated rings. The van der Waals surface area contributed by atoms with E-state index in [0.717, 1.165) is 11.1 Å². The van der Waals surface area contributed by atoms with E-state index in [2.05, 4.69) is 10.3 Å². The Morgan fingerprint density at radius 3 is 2.68 bits per heavy atom. The quantitative estimate of drug-likeness (QED) is 0.712. The van der Waals surface area contributed by atoms with Gasteiger partial charge < -0.3 is 10.2 Å². The number of carbonyl (C=O) groups excluding carboxylic acids is 2. The molecule has 0 radical (unpaired) electrons. The number of hydrogen-bond donors (Lipinski definition) is 1. The van der Waals surface area contributed by atoms with Gasteiger partial charge >= 0.3 is 0 Å². The Balaban J connectivity index is 1.38. The molecule has 5 nitrogen and oxygen atoms in total. The molecule has 0 saturated carbocycles. The molecule has 4 rings (SSSR count). The first-order valence-corrected chi connectivity index (χ1v) is 9.80. The van der Waals surface area contributed by atoms with Crippen molar-refractivity contribution < 1.29 is 14.0 Å². The van der Waals surface area contributed by atoms with Crippen LogP contribution in [0.1, 0.15) is 12.0 Å². The molecule has 2 aromatic carbocycles. The SMILES string of the molecule is O=C(Nc1nc(-c2ccc(F)cc2)cs1)[C@@H]1CC(=O)N(Cc2ccccc2)C1. The molecular formula is C21H18FN3O2S. The maximum atomic E-state index is 13.0. The van der Waals surface area contributed by atoms with Gasteiger partial charge in [-0.05, 0) is 29.8 Å². The first kappa shape index (κ1) is 18.3. The van der Waals surface area contributed by atoms with E-state index >= 15 is 0 Å². The number of anilines is 1. The van der Waals surface area contributed by atoms with E-state index in [1.54, 1.807) is 17.0 Å². The largest absolute Gasteiger partial charge is 0.338 e. The van der Waals surface area contributed by atoms with Gasteiger partial charge in [-0.3, -0.25) is 9.59 Å². The molecule has 0 aliphatic carbocycles. The van der Waals surface area contributed by atoms with E-state index in [0.29, 0.717) is 23.9 Å². The lowest BCUT2D eigenvalue weighted by Crippen LogP contribution is -2.28. The van der Waals surface area contributed by atoms with Gasteiger partial charge in [-0.2, -0.15) is 0 Å². The molecule has 2 amide bonds. The molecular weight excluding hydrogens is 377 g/mol. The van der Waals surface area contributed by atoms with Crippen LogP contribution in [0.15, 0.2) is 60.0 Å². The van der Waals surface area contributed by atoms with Crippen molar-refractivity contribution >= 4 is 28.3 Å². The van der Waals surface area contributed by atoms with Gasteiger partial charge in [-0.25, -0.2) is 9.37 Å². The zero-order chi connectivity index (χ0) is 19.5. The fourth-order valence-electron chi connectivity index (χ4n) is 3.20. The third-order valence-electron chi connectivity index (χ3n) is 4.68. The lowest BCUT2D eigenvalue weighted by Gasteiger charge is -2.16. The minimum absolute atomic E-state index is 0.0184. The zero-order valence-corrected chi connectivity index (χ0v) is 15.8. The summed E-state index contributed by atoms with van der Waals surface area (Å²) in [6.07, 6.45) is 0.203. The summed E-state index contributed by atoms with van der Waals surface area (Å²) in [5.74, 6) is -0.924. The minimum Gasteiger partial charge on any atom is -0.338 e. The van der Waals surface area contributed by atoms with E-state index in [4.69, 9.17) is 0 Å². The molecule has 1 saturated heterocycles. The van der Waals surface area contributed by atoms with Crippen molar-refractivity contribution in [3.8, 4) is 11.3 Å². The summed E-state index contributed by atoms with van der Waals surface area (Å²) in [5.41, 5.74) is 2.50. The van der Waals surface area contributed by atoms with Crippen LogP contribution in [0.2, 0.25) is 0 Å². The van der Waals surface area contributed by atoms with Crippen molar-refractivity contribution in [3.05, 3.63) is 71.4 Å². The summed E-state index contributed by atoms with van der Waals surface area (Å²) in [6.45, 7) is 0.908. The number of nitrogens with one attached hydrogen (secondary N) is 1. The smallest absolute Gasteiger partial charge is 0.231 e. The van der Waals surface area contributed by atoms with Gasteiger partial charge in [0.1, 0.15) is 5.82 Å². The molecule has 0 bridgehead atoms. The summed E-state index contributed by atoms with van der Waals surface area (Å²) in [6, 6.07) is 15.8. The van der Waals surface area contributed by atoms with Crippen molar-refractivity contribution in [1.29, 1.82) is 0 Å². The number of amides is 2. The van der Waals surface area contributed by atoms with Gasteiger partial charge in [0.15, 0.2) is 5.13 Å². The molecule has 1 aliphatic rings. The predicted molar refractivity (Wildman–Crippen MR) is 106 cm³/mol. The molecule has 7 heteroatoms. The highest BCUT2D eigenvalue weighted by Gasteiger charge is 2.34. The van der Waals surface area contributed by atoms with E-state index < -0.39 is 5.92 Å². The molecule has 1 aromatic heterocycles. The van der Waals surface area contributed by atoms with Crippen LogP contribution >= 0.6 is 11.3 Å². The Kier molecular flexibility index (Phi) is 5.16. The van der Waals surface area contributed by atoms with Gasteiger partial charge in [-0.15, -0.1) is 11.3 Å². The molecule has 142 valence electrons. The number of rotatable bonds is 5. The van der Waals surface area contributed by atoms with Crippen LogP contribution < -0.4 is 5.32 Å². The Morgan fingerprint density at radius 2 is 1.93 bits per heavy atom. The van der Waals surface area contributed by atoms with Crippen LogP contribution in [0.5, 0.6) is 0 Å². The zero-order valence-electron chi connectivity index (χ0n) is 15.0. The topological polar surface area (TPSA) is 62.3 Å². The normalized spacial score (nSPS) is 16.4. The van der Waals surface area contributed by atoms with Gasteiger partial charge in [0, 0.05) is 30.5 Å². The molecule has 28 heavy (non-hydrogen) atoms. The number of thiazole rings is 1. The van der Waals surface area contributed by atoms with Crippen LogP contribution in [0.25, 0.3) is 11.3 Å². The van der Waals surface area contributed by atoms with E-state index in [1.807, 2.05) is 35.7 Å². The maximum absolute atomic E-state index is 13.0. The number of benzene rings is 2. The molecule has 0 spiro atoms. The lowest BCUT2D eigenvalue weighted by atomic mass is 10.1. The van der Waals surface area contributed by atoms with Gasteiger partial charge in [0.25, 0.3) is 0 Å². The average molecular weight is 395 g/mol. The maximum Gasteiger partial charge on any atom is 0.231 e. The van der Waals surface area contributed by atoms with Crippen molar-refractivity contribution in [3.63, 3.8) is 0 Å². The third kappa shape index (κ3) is 4.09. The second kappa shape index (κ2) is 7.90. The Morgan fingerprint density at radius 1 is 1.18 bits per heavy atom. The Hall–Kier alpha value is -3.06. The first-order valence-electron chi connectivity index (χ1n) is 8.92. The first-order chi connectivity index (χ1) is 13.6.